The van der Waals surface area contributed by atoms with Crippen LogP contribution in [0.1, 0.15) is 43.2 Å². The summed E-state index contributed by atoms with van der Waals surface area (Å²) in [6.07, 6.45) is 7.87. The number of aryl methyl sites for hydroxylation is 1. The van der Waals surface area contributed by atoms with Gasteiger partial charge in [0.25, 0.3) is 0 Å². The van der Waals surface area contributed by atoms with Crippen LogP contribution in [0, 0.1) is 11.8 Å². The van der Waals surface area contributed by atoms with Gasteiger partial charge in [0.15, 0.2) is 0 Å². The molecule has 2 aliphatic heterocycles. The number of hydrogen-bond donors (Lipinski definition) is 1. The second kappa shape index (κ2) is 8.61. The van der Waals surface area contributed by atoms with Gasteiger partial charge in [-0.1, -0.05) is 12.1 Å². The third-order valence-corrected chi connectivity index (χ3v) is 6.55. The van der Waals surface area contributed by atoms with Crippen LogP contribution in [-0.2, 0) is 22.4 Å². The van der Waals surface area contributed by atoms with E-state index in [0.29, 0.717) is 19.1 Å². The van der Waals surface area contributed by atoms with Crippen LogP contribution in [0.3, 0.4) is 0 Å². The van der Waals surface area contributed by atoms with Crippen molar-refractivity contribution in [2.24, 2.45) is 11.8 Å². The zero-order valence-corrected chi connectivity index (χ0v) is 16.1. The molecule has 5 heteroatoms. The Bertz CT molecular complexity index is 650. The quantitative estimate of drug-likeness (QED) is 0.744. The first-order valence-corrected chi connectivity index (χ1v) is 10.5. The van der Waals surface area contributed by atoms with Gasteiger partial charge in [0.1, 0.15) is 5.75 Å². The molecular weight excluding hydrogens is 342 g/mol. The van der Waals surface area contributed by atoms with Crippen molar-refractivity contribution in [3.8, 4) is 5.75 Å². The highest BCUT2D eigenvalue weighted by molar-refractivity contribution is 5.71. The molecule has 2 fully saturated rings. The van der Waals surface area contributed by atoms with Crippen LogP contribution in [0.5, 0.6) is 5.75 Å². The van der Waals surface area contributed by atoms with Crippen LogP contribution < -0.4 is 4.74 Å². The Morgan fingerprint density at radius 1 is 1.22 bits per heavy atom. The first-order chi connectivity index (χ1) is 13.2. The molecule has 1 aromatic carbocycles. The smallest absolute Gasteiger partial charge is 0.309 e. The molecule has 148 valence electrons. The Morgan fingerprint density at radius 2 is 2.04 bits per heavy atom. The number of carboxylic acid groups (broad SMARTS) is 1. The lowest BCUT2D eigenvalue weighted by Crippen LogP contribution is -2.56. The number of fused-ring (bicyclic) bond motifs is 1. The van der Waals surface area contributed by atoms with Crippen molar-refractivity contribution < 1.29 is 19.4 Å². The normalized spacial score (nSPS) is 24.2. The molecule has 5 nitrogen and oxygen atoms in total. The fourth-order valence-corrected chi connectivity index (χ4v) is 4.74. The third kappa shape index (κ3) is 4.46. The molecule has 1 atom stereocenters. The SMILES string of the molecule is O=C(O)C1CN(C2CCc3cccc(OCCCC4CCOCC4)c3C2)C1. The van der Waals surface area contributed by atoms with Gasteiger partial charge in [0, 0.05) is 32.3 Å². The van der Waals surface area contributed by atoms with Gasteiger partial charge >= 0.3 is 5.97 Å². The second-order valence-corrected chi connectivity index (χ2v) is 8.33. The maximum Gasteiger partial charge on any atom is 0.309 e. The average molecular weight is 373 g/mol. The number of aliphatic carboxylic acids is 1. The summed E-state index contributed by atoms with van der Waals surface area (Å²) >= 11 is 0. The molecule has 0 amide bonds. The molecule has 27 heavy (non-hydrogen) atoms. The summed E-state index contributed by atoms with van der Waals surface area (Å²) in [4.78, 5) is 13.4. The van der Waals surface area contributed by atoms with E-state index in [1.165, 1.54) is 30.4 Å². The highest BCUT2D eigenvalue weighted by atomic mass is 16.5. The first-order valence-electron chi connectivity index (χ1n) is 10.5. The van der Waals surface area contributed by atoms with Crippen LogP contribution in [0.2, 0.25) is 0 Å². The lowest BCUT2D eigenvalue weighted by Gasteiger charge is -2.44. The maximum absolute atomic E-state index is 11.1. The van der Waals surface area contributed by atoms with Gasteiger partial charge in [-0.2, -0.15) is 0 Å². The van der Waals surface area contributed by atoms with Crippen molar-refractivity contribution in [1.82, 2.24) is 4.90 Å². The van der Waals surface area contributed by atoms with Gasteiger partial charge in [-0.3, -0.25) is 9.69 Å². The number of hydrogen-bond acceptors (Lipinski definition) is 4. The minimum Gasteiger partial charge on any atom is -0.493 e. The Labute approximate surface area is 161 Å². The van der Waals surface area contributed by atoms with E-state index in [2.05, 4.69) is 23.1 Å². The summed E-state index contributed by atoms with van der Waals surface area (Å²) in [5, 5.41) is 9.11. The molecule has 4 rings (SSSR count). The van der Waals surface area contributed by atoms with Crippen molar-refractivity contribution in [2.45, 2.75) is 51.0 Å². The predicted molar refractivity (Wildman–Crippen MR) is 103 cm³/mol. The van der Waals surface area contributed by atoms with Crippen molar-refractivity contribution in [3.05, 3.63) is 29.3 Å². The first kappa shape index (κ1) is 18.8. The van der Waals surface area contributed by atoms with Crippen molar-refractivity contribution >= 4 is 5.97 Å². The van der Waals surface area contributed by atoms with Crippen LogP contribution in [0.15, 0.2) is 18.2 Å². The molecule has 0 saturated carbocycles. The van der Waals surface area contributed by atoms with E-state index >= 15 is 0 Å². The molecule has 2 heterocycles. The summed E-state index contributed by atoms with van der Waals surface area (Å²) in [5.74, 6) is 1.00. The van der Waals surface area contributed by atoms with Gasteiger partial charge in [-0.05, 0) is 68.1 Å². The van der Waals surface area contributed by atoms with E-state index in [-0.39, 0.29) is 5.92 Å². The number of nitrogens with zero attached hydrogens (tertiary/aromatic N) is 1. The minimum absolute atomic E-state index is 0.178. The largest absolute Gasteiger partial charge is 0.493 e. The molecular formula is C22H31NO4. The Morgan fingerprint density at radius 3 is 2.81 bits per heavy atom. The van der Waals surface area contributed by atoms with E-state index in [1.807, 2.05) is 0 Å². The van der Waals surface area contributed by atoms with E-state index < -0.39 is 5.97 Å². The number of ether oxygens (including phenoxy) is 2. The van der Waals surface area contributed by atoms with E-state index in [9.17, 15) is 4.79 Å². The van der Waals surface area contributed by atoms with Gasteiger partial charge in [0.2, 0.25) is 0 Å². The maximum atomic E-state index is 11.1. The number of rotatable bonds is 7. The standard InChI is InChI=1S/C22H31NO4/c24-22(25)18-14-23(15-18)19-7-6-17-4-1-5-21(20(17)13-19)27-10-2-3-16-8-11-26-12-9-16/h1,4-5,16,18-19H,2-3,6-15H2,(H,24,25). The highest BCUT2D eigenvalue weighted by Crippen LogP contribution is 2.34. The van der Waals surface area contributed by atoms with Crippen LogP contribution in [0.4, 0.5) is 0 Å². The van der Waals surface area contributed by atoms with Crippen LogP contribution in [-0.4, -0.2) is 54.9 Å². The Balaban J connectivity index is 1.29. The summed E-state index contributed by atoms with van der Waals surface area (Å²) in [7, 11) is 0. The number of carboxylic acids is 1. The zero-order chi connectivity index (χ0) is 18.6. The molecule has 1 unspecified atom stereocenters. The summed E-state index contributed by atoms with van der Waals surface area (Å²) < 4.78 is 11.6. The topological polar surface area (TPSA) is 59.0 Å². The Kier molecular flexibility index (Phi) is 5.98. The van der Waals surface area contributed by atoms with Crippen LogP contribution >= 0.6 is 0 Å². The molecule has 1 aliphatic carbocycles. The molecule has 0 bridgehead atoms. The van der Waals surface area contributed by atoms with E-state index in [0.717, 1.165) is 57.2 Å². The zero-order valence-electron chi connectivity index (χ0n) is 16.1. The molecule has 1 aromatic rings. The van der Waals surface area contributed by atoms with Gasteiger partial charge in [-0.15, -0.1) is 0 Å². The van der Waals surface area contributed by atoms with E-state index in [4.69, 9.17) is 14.6 Å². The van der Waals surface area contributed by atoms with Crippen molar-refractivity contribution in [3.63, 3.8) is 0 Å². The van der Waals surface area contributed by atoms with E-state index in [1.54, 1.807) is 0 Å². The summed E-state index contributed by atoms with van der Waals surface area (Å²) in [6.45, 7) is 4.01. The third-order valence-electron chi connectivity index (χ3n) is 6.55. The minimum atomic E-state index is -0.656. The summed E-state index contributed by atoms with van der Waals surface area (Å²) in [6, 6.07) is 6.89. The molecule has 0 aromatic heterocycles. The fraction of sp³-hybridized carbons (Fsp3) is 0.682. The Hall–Kier alpha value is -1.59. The summed E-state index contributed by atoms with van der Waals surface area (Å²) in [5.41, 5.74) is 2.75. The lowest BCUT2D eigenvalue weighted by molar-refractivity contribution is -0.148. The second-order valence-electron chi connectivity index (χ2n) is 8.33. The van der Waals surface area contributed by atoms with Crippen LogP contribution in [0.25, 0.3) is 0 Å². The number of likely N-dealkylation sites (tertiary alicyclic amines) is 1. The van der Waals surface area contributed by atoms with Crippen molar-refractivity contribution in [1.29, 1.82) is 0 Å². The number of benzene rings is 1. The van der Waals surface area contributed by atoms with Crippen molar-refractivity contribution in [2.75, 3.05) is 32.9 Å². The highest BCUT2D eigenvalue weighted by Gasteiger charge is 2.38. The predicted octanol–water partition coefficient (Wildman–Crippen LogP) is 3.15. The lowest BCUT2D eigenvalue weighted by atomic mass is 9.84. The molecule has 1 N–H and O–H groups in total. The monoisotopic (exact) mass is 373 g/mol. The molecule has 0 radical (unpaired) electrons. The van der Waals surface area contributed by atoms with Gasteiger partial charge in [0.05, 0.1) is 12.5 Å². The van der Waals surface area contributed by atoms with Gasteiger partial charge < -0.3 is 14.6 Å². The van der Waals surface area contributed by atoms with Gasteiger partial charge in [-0.25, -0.2) is 0 Å². The molecule has 3 aliphatic rings. The fourth-order valence-electron chi connectivity index (χ4n) is 4.74. The molecule has 2 saturated heterocycles. The molecule has 0 spiro atoms. The number of carbonyl (C=O) groups is 1. The average Bonchev–Trinajstić information content (AvgIpc) is 2.65.